The molecule has 10 heavy (non-hydrogen) atoms. The molecule has 0 spiro atoms. The van der Waals surface area contributed by atoms with Crippen LogP contribution in [0.1, 0.15) is 5.56 Å². The molecule has 0 saturated heterocycles. The topological polar surface area (TPSA) is 0 Å². The zero-order valence-electron chi connectivity index (χ0n) is 5.64. The summed E-state index contributed by atoms with van der Waals surface area (Å²) in [6.07, 6.45) is 0. The van der Waals surface area contributed by atoms with E-state index in [2.05, 4.69) is 61.8 Å². The highest BCUT2D eigenvalue weighted by atomic mass is 79.9. The maximum atomic E-state index is 3.59. The smallest absolute Gasteiger partial charge is 0.109 e. The van der Waals surface area contributed by atoms with Crippen LogP contribution in [0.15, 0.2) is 24.3 Å². The molecule has 0 unspecified atom stereocenters. The molecule has 0 radical (unpaired) electrons. The standard InChI is InChI=1S/C7H8Br2Si/c1-6-4-2-3-5-7(6)10(8)9/h2-5,10H,1H3. The Hall–Kier alpha value is 0.397. The van der Waals surface area contributed by atoms with Crippen molar-refractivity contribution in [3.8, 4) is 0 Å². The quantitative estimate of drug-likeness (QED) is 0.546. The largest absolute Gasteiger partial charge is 0.216 e. The van der Waals surface area contributed by atoms with Crippen molar-refractivity contribution in [1.82, 2.24) is 0 Å². The minimum atomic E-state index is -0.943. The number of rotatable bonds is 1. The highest BCUT2D eigenvalue weighted by molar-refractivity contribution is 9.49. The van der Waals surface area contributed by atoms with Crippen LogP contribution in [0.5, 0.6) is 0 Å². The van der Waals surface area contributed by atoms with E-state index in [0.29, 0.717) is 0 Å². The van der Waals surface area contributed by atoms with E-state index in [4.69, 9.17) is 0 Å². The molecule has 0 atom stereocenters. The first kappa shape index (κ1) is 8.49. The zero-order valence-corrected chi connectivity index (χ0v) is 9.97. The monoisotopic (exact) mass is 278 g/mol. The zero-order chi connectivity index (χ0) is 7.56. The lowest BCUT2D eigenvalue weighted by atomic mass is 10.2. The lowest BCUT2D eigenvalue weighted by molar-refractivity contribution is 1.52. The number of hydrogen-bond acceptors (Lipinski definition) is 0. The summed E-state index contributed by atoms with van der Waals surface area (Å²) in [6, 6.07) is 7.50. The summed E-state index contributed by atoms with van der Waals surface area (Å²) in [6.45, 7) is 2.14. The van der Waals surface area contributed by atoms with Crippen molar-refractivity contribution in [2.45, 2.75) is 6.92 Å². The van der Waals surface area contributed by atoms with Crippen LogP contribution in [0.25, 0.3) is 0 Å². The summed E-state index contributed by atoms with van der Waals surface area (Å²) in [5, 5.41) is 1.43. The Morgan fingerprint density at radius 1 is 1.20 bits per heavy atom. The third-order valence-corrected chi connectivity index (χ3v) is 5.50. The van der Waals surface area contributed by atoms with Crippen molar-refractivity contribution < 1.29 is 0 Å². The average Bonchev–Trinajstić information content (AvgIpc) is 1.88. The van der Waals surface area contributed by atoms with Crippen molar-refractivity contribution in [2.75, 3.05) is 0 Å². The molecule has 0 heterocycles. The van der Waals surface area contributed by atoms with Crippen molar-refractivity contribution in [2.24, 2.45) is 0 Å². The van der Waals surface area contributed by atoms with Gasteiger partial charge in [0.05, 0.1) is 0 Å². The summed E-state index contributed by atoms with van der Waals surface area (Å²) < 4.78 is 0. The maximum Gasteiger partial charge on any atom is 0.216 e. The fourth-order valence-electron chi connectivity index (χ4n) is 0.832. The second-order valence-electron chi connectivity index (χ2n) is 2.16. The predicted molar refractivity (Wildman–Crippen MR) is 55.8 cm³/mol. The molecule has 54 valence electrons. The fourth-order valence-corrected chi connectivity index (χ4v) is 4.61. The fraction of sp³-hybridized carbons (Fsp3) is 0.143. The average molecular weight is 280 g/mol. The summed E-state index contributed by atoms with van der Waals surface area (Å²) in [4.78, 5) is 0. The number of benzene rings is 1. The number of hydrogen-bond donors (Lipinski definition) is 0. The molecule has 0 aromatic heterocycles. The molecule has 0 N–H and O–H groups in total. The Balaban J connectivity index is 3.03. The molecule has 1 aromatic rings. The molecule has 3 heteroatoms. The molecule has 0 aliphatic carbocycles. The van der Waals surface area contributed by atoms with E-state index in [-0.39, 0.29) is 0 Å². The van der Waals surface area contributed by atoms with Gasteiger partial charge in [0.25, 0.3) is 0 Å². The van der Waals surface area contributed by atoms with Gasteiger partial charge in [-0.2, -0.15) is 0 Å². The molecular weight excluding hydrogens is 272 g/mol. The van der Waals surface area contributed by atoms with Gasteiger partial charge in [-0.15, -0.1) is 30.6 Å². The molecule has 0 fully saturated rings. The van der Waals surface area contributed by atoms with E-state index in [1.807, 2.05) is 0 Å². The Bertz CT molecular complexity index is 223. The van der Waals surface area contributed by atoms with Gasteiger partial charge < -0.3 is 0 Å². The first-order valence-corrected chi connectivity index (χ1v) is 10.00. The molecule has 0 nitrogen and oxygen atoms in total. The normalized spacial score (nSPS) is 10.4. The second-order valence-corrected chi connectivity index (χ2v) is 12.6. The van der Waals surface area contributed by atoms with Gasteiger partial charge in [-0.3, -0.25) is 0 Å². The Kier molecular flexibility index (Phi) is 3.14. The minimum absolute atomic E-state index is 0.943. The molecule has 0 aliphatic rings. The first-order valence-electron chi connectivity index (χ1n) is 3.05. The molecule has 1 rings (SSSR count). The number of halogens is 2. The van der Waals surface area contributed by atoms with Crippen LogP contribution in [0.2, 0.25) is 0 Å². The van der Waals surface area contributed by atoms with E-state index in [0.717, 1.165) is 0 Å². The Labute approximate surface area is 78.4 Å². The van der Waals surface area contributed by atoms with Gasteiger partial charge >= 0.3 is 0 Å². The van der Waals surface area contributed by atoms with Gasteiger partial charge in [-0.25, -0.2) is 0 Å². The minimum Gasteiger partial charge on any atom is -0.109 e. The summed E-state index contributed by atoms with van der Waals surface area (Å²) in [5.41, 5.74) is 1.37. The van der Waals surface area contributed by atoms with Gasteiger partial charge in [0, 0.05) is 0 Å². The summed E-state index contributed by atoms with van der Waals surface area (Å²) in [5.74, 6) is 0. The SMILES string of the molecule is Cc1ccccc1[SiH](Br)Br. The predicted octanol–water partition coefficient (Wildman–Crippen LogP) is 2.21. The summed E-state index contributed by atoms with van der Waals surface area (Å²) in [7, 11) is 0. The summed E-state index contributed by atoms with van der Waals surface area (Å²) >= 11 is 7.18. The molecule has 0 aliphatic heterocycles. The molecule has 0 bridgehead atoms. The first-order chi connectivity index (χ1) is 4.72. The van der Waals surface area contributed by atoms with Gasteiger partial charge in [0.1, 0.15) is 0 Å². The third-order valence-electron chi connectivity index (χ3n) is 1.42. The van der Waals surface area contributed by atoms with E-state index in [9.17, 15) is 0 Å². The van der Waals surface area contributed by atoms with Gasteiger partial charge in [-0.05, 0) is 12.1 Å². The molecule has 0 amide bonds. The van der Waals surface area contributed by atoms with Gasteiger partial charge in [-0.1, -0.05) is 29.8 Å². The Morgan fingerprint density at radius 2 is 1.80 bits per heavy atom. The molecule has 1 aromatic carbocycles. The van der Waals surface area contributed by atoms with Crippen LogP contribution in [-0.4, -0.2) is 6.04 Å². The third kappa shape index (κ3) is 1.94. The van der Waals surface area contributed by atoms with Crippen LogP contribution in [0, 0.1) is 6.92 Å². The molecular formula is C7H8Br2Si. The van der Waals surface area contributed by atoms with E-state index in [1.165, 1.54) is 10.8 Å². The van der Waals surface area contributed by atoms with Gasteiger partial charge in [0.2, 0.25) is 6.04 Å². The van der Waals surface area contributed by atoms with Crippen LogP contribution >= 0.6 is 30.6 Å². The lowest BCUT2D eigenvalue weighted by Gasteiger charge is -2.02. The van der Waals surface area contributed by atoms with Crippen LogP contribution in [0.4, 0.5) is 0 Å². The van der Waals surface area contributed by atoms with E-state index < -0.39 is 6.04 Å². The van der Waals surface area contributed by atoms with Crippen molar-refractivity contribution >= 4 is 41.8 Å². The van der Waals surface area contributed by atoms with Crippen LogP contribution in [0.3, 0.4) is 0 Å². The van der Waals surface area contributed by atoms with Gasteiger partial charge in [0.15, 0.2) is 0 Å². The highest BCUT2D eigenvalue weighted by Crippen LogP contribution is 2.05. The van der Waals surface area contributed by atoms with Crippen molar-refractivity contribution in [3.63, 3.8) is 0 Å². The van der Waals surface area contributed by atoms with E-state index in [1.54, 1.807) is 0 Å². The van der Waals surface area contributed by atoms with Crippen molar-refractivity contribution in [1.29, 1.82) is 0 Å². The van der Waals surface area contributed by atoms with Crippen molar-refractivity contribution in [3.05, 3.63) is 29.8 Å². The second kappa shape index (κ2) is 3.69. The van der Waals surface area contributed by atoms with E-state index >= 15 is 0 Å². The van der Waals surface area contributed by atoms with Crippen LogP contribution in [-0.2, 0) is 0 Å². The van der Waals surface area contributed by atoms with Crippen LogP contribution < -0.4 is 5.19 Å². The highest BCUT2D eigenvalue weighted by Gasteiger charge is 2.05. The lowest BCUT2D eigenvalue weighted by Crippen LogP contribution is -2.19. The number of aryl methyl sites for hydroxylation is 1. The maximum absolute atomic E-state index is 3.59. The molecule has 0 saturated carbocycles. The Morgan fingerprint density at radius 3 is 2.20 bits per heavy atom.